The van der Waals surface area contributed by atoms with Crippen LogP contribution < -0.4 is 15.5 Å². The summed E-state index contributed by atoms with van der Waals surface area (Å²) in [7, 11) is 2.99. The molecule has 1 heterocycles. The summed E-state index contributed by atoms with van der Waals surface area (Å²) in [5.41, 5.74) is 2.55. The van der Waals surface area contributed by atoms with Crippen LogP contribution in [0.1, 0.15) is 69.6 Å². The van der Waals surface area contributed by atoms with Gasteiger partial charge in [0.2, 0.25) is 0 Å². The number of hydrogen-bond acceptors (Lipinski definition) is 7. The third kappa shape index (κ3) is 7.71. The number of nitrogens with zero attached hydrogens (tertiary/aromatic N) is 2. The Morgan fingerprint density at radius 2 is 1.89 bits per heavy atom. The first-order valence-corrected chi connectivity index (χ1v) is 12.8. The number of benzene rings is 1. The van der Waals surface area contributed by atoms with Gasteiger partial charge in [0, 0.05) is 31.7 Å². The van der Waals surface area contributed by atoms with Crippen LogP contribution in [0.5, 0.6) is 0 Å². The molecule has 0 saturated heterocycles. The molecule has 2 aromatic rings. The summed E-state index contributed by atoms with van der Waals surface area (Å²) in [5, 5.41) is 9.63. The normalized spacial score (nSPS) is 14.9. The number of ether oxygens (including phenoxy) is 2. The number of anilines is 3. The summed E-state index contributed by atoms with van der Waals surface area (Å²) < 4.78 is 15.4. The zero-order chi connectivity index (χ0) is 26.1. The Labute approximate surface area is 213 Å². The fraction of sp³-hybridized carbons (Fsp3) is 0.593. The van der Waals surface area contributed by atoms with Crippen LogP contribution in [0, 0.1) is 12.8 Å². The Kier molecular flexibility index (Phi) is 10.2. The Bertz CT molecular complexity index is 1000. The van der Waals surface area contributed by atoms with Gasteiger partial charge in [0.25, 0.3) is 0 Å². The van der Waals surface area contributed by atoms with Gasteiger partial charge in [-0.2, -0.15) is 0 Å². The summed E-state index contributed by atoms with van der Waals surface area (Å²) in [6, 6.07) is 7.70. The van der Waals surface area contributed by atoms with E-state index in [0.717, 1.165) is 30.6 Å². The molecule has 0 radical (unpaired) electrons. The molecule has 1 aromatic heterocycles. The van der Waals surface area contributed by atoms with E-state index in [1.807, 2.05) is 12.1 Å². The number of amides is 2. The van der Waals surface area contributed by atoms with Gasteiger partial charge in [-0.05, 0) is 43.4 Å². The highest BCUT2D eigenvalue weighted by Crippen LogP contribution is 2.36. The quantitative estimate of drug-likeness (QED) is 0.380. The average molecular weight is 501 g/mol. The fourth-order valence-corrected chi connectivity index (χ4v) is 4.84. The van der Waals surface area contributed by atoms with Crippen LogP contribution in [-0.4, -0.2) is 50.6 Å². The predicted molar refractivity (Wildman–Crippen MR) is 141 cm³/mol. The SMILES string of the molecule is COCC(CC(=O)OC)c1ccc(N(CC(C)C)C2CCCCC2)c(NC(=O)Nc2cc(C)on2)c1. The molecule has 1 saturated carbocycles. The lowest BCUT2D eigenvalue weighted by Crippen LogP contribution is -2.40. The number of nitrogens with one attached hydrogen (secondary N) is 2. The zero-order valence-corrected chi connectivity index (χ0v) is 22.1. The second-order valence-electron chi connectivity index (χ2n) is 9.95. The lowest BCUT2D eigenvalue weighted by molar-refractivity contribution is -0.141. The molecule has 1 aliphatic carbocycles. The molecule has 9 nitrogen and oxygen atoms in total. The van der Waals surface area contributed by atoms with E-state index in [9.17, 15) is 9.59 Å². The number of carbonyl (C=O) groups excluding carboxylic acids is 2. The number of hydrogen-bond donors (Lipinski definition) is 2. The molecule has 1 atom stereocenters. The van der Waals surface area contributed by atoms with Crippen LogP contribution in [0.15, 0.2) is 28.8 Å². The molecule has 36 heavy (non-hydrogen) atoms. The molecular formula is C27H40N4O5. The van der Waals surface area contributed by atoms with Crippen LogP contribution in [0.2, 0.25) is 0 Å². The predicted octanol–water partition coefficient (Wildman–Crippen LogP) is 5.72. The van der Waals surface area contributed by atoms with Gasteiger partial charge in [-0.15, -0.1) is 0 Å². The van der Waals surface area contributed by atoms with Crippen molar-refractivity contribution in [2.24, 2.45) is 5.92 Å². The average Bonchev–Trinajstić information content (AvgIpc) is 3.26. The number of aryl methyl sites for hydroxylation is 1. The molecule has 2 N–H and O–H groups in total. The Morgan fingerprint density at radius 1 is 1.14 bits per heavy atom. The summed E-state index contributed by atoms with van der Waals surface area (Å²) in [6.45, 7) is 7.43. The van der Waals surface area contributed by atoms with E-state index in [4.69, 9.17) is 14.0 Å². The summed E-state index contributed by atoms with van der Waals surface area (Å²) in [4.78, 5) is 27.5. The van der Waals surface area contributed by atoms with E-state index < -0.39 is 6.03 Å². The van der Waals surface area contributed by atoms with E-state index in [1.54, 1.807) is 20.1 Å². The lowest BCUT2D eigenvalue weighted by Gasteiger charge is -2.38. The highest BCUT2D eigenvalue weighted by molar-refractivity contribution is 6.01. The van der Waals surface area contributed by atoms with Gasteiger partial charge >= 0.3 is 12.0 Å². The minimum absolute atomic E-state index is 0.186. The first-order chi connectivity index (χ1) is 17.3. The molecule has 3 rings (SSSR count). The molecule has 9 heteroatoms. The monoisotopic (exact) mass is 500 g/mol. The van der Waals surface area contributed by atoms with Gasteiger partial charge in [0.1, 0.15) is 5.76 Å². The number of carbonyl (C=O) groups is 2. The number of methoxy groups -OCH3 is 2. The number of urea groups is 1. The van der Waals surface area contributed by atoms with Crippen molar-refractivity contribution in [1.29, 1.82) is 0 Å². The Hall–Kier alpha value is -3.07. The largest absolute Gasteiger partial charge is 0.469 e. The van der Waals surface area contributed by atoms with Crippen molar-refractivity contribution < 1.29 is 23.6 Å². The van der Waals surface area contributed by atoms with Crippen LogP contribution >= 0.6 is 0 Å². The van der Waals surface area contributed by atoms with Crippen molar-refractivity contribution >= 4 is 29.2 Å². The molecule has 198 valence electrons. The molecule has 0 spiro atoms. The van der Waals surface area contributed by atoms with Crippen LogP contribution in [0.25, 0.3) is 0 Å². The van der Waals surface area contributed by atoms with Gasteiger partial charge in [0.15, 0.2) is 5.82 Å². The molecule has 0 aliphatic heterocycles. The van der Waals surface area contributed by atoms with Crippen molar-refractivity contribution in [2.45, 2.75) is 71.3 Å². The maximum absolute atomic E-state index is 13.0. The first-order valence-electron chi connectivity index (χ1n) is 12.8. The second-order valence-corrected chi connectivity index (χ2v) is 9.95. The van der Waals surface area contributed by atoms with Crippen molar-refractivity contribution in [1.82, 2.24) is 5.16 Å². The standard InChI is InChI=1S/C27H40N4O5/c1-18(2)16-31(22-9-7-6-8-10-22)24-12-11-20(21(17-34-4)15-26(32)35-5)14-23(24)28-27(33)29-25-13-19(3)36-30-25/h11-14,18,21-22H,6-10,15-17H2,1-5H3,(H2,28,29,30,33). The van der Waals surface area contributed by atoms with Crippen molar-refractivity contribution in [3.63, 3.8) is 0 Å². The maximum Gasteiger partial charge on any atom is 0.325 e. The number of rotatable bonds is 11. The minimum atomic E-state index is -0.411. The smallest absolute Gasteiger partial charge is 0.325 e. The first kappa shape index (κ1) is 27.5. The van der Waals surface area contributed by atoms with Crippen LogP contribution in [-0.2, 0) is 14.3 Å². The number of esters is 1. The van der Waals surface area contributed by atoms with E-state index in [0.29, 0.717) is 35.8 Å². The van der Waals surface area contributed by atoms with Crippen LogP contribution in [0.3, 0.4) is 0 Å². The fourth-order valence-electron chi connectivity index (χ4n) is 4.84. The van der Waals surface area contributed by atoms with E-state index in [1.165, 1.54) is 26.4 Å². The third-order valence-corrected chi connectivity index (χ3v) is 6.51. The molecule has 2 amide bonds. The highest BCUT2D eigenvalue weighted by Gasteiger charge is 2.26. The van der Waals surface area contributed by atoms with Crippen molar-refractivity contribution in [3.8, 4) is 0 Å². The van der Waals surface area contributed by atoms with Gasteiger partial charge in [-0.1, -0.05) is 44.3 Å². The van der Waals surface area contributed by atoms with Crippen molar-refractivity contribution in [2.75, 3.05) is 42.9 Å². The van der Waals surface area contributed by atoms with Crippen molar-refractivity contribution in [3.05, 3.63) is 35.6 Å². The van der Waals surface area contributed by atoms with Gasteiger partial charge in [-0.3, -0.25) is 10.1 Å². The number of aromatic nitrogens is 1. The maximum atomic E-state index is 13.0. The summed E-state index contributed by atoms with van der Waals surface area (Å²) in [6.07, 6.45) is 6.13. The van der Waals surface area contributed by atoms with Crippen LogP contribution in [0.4, 0.5) is 22.0 Å². The van der Waals surface area contributed by atoms with E-state index in [-0.39, 0.29) is 18.3 Å². The molecule has 1 aromatic carbocycles. The zero-order valence-electron chi connectivity index (χ0n) is 22.1. The highest BCUT2D eigenvalue weighted by atomic mass is 16.5. The Balaban J connectivity index is 1.97. The summed E-state index contributed by atoms with van der Waals surface area (Å²) in [5.74, 6) is 0.896. The lowest BCUT2D eigenvalue weighted by atomic mass is 9.91. The second kappa shape index (κ2) is 13.3. The van der Waals surface area contributed by atoms with Gasteiger partial charge < -0.3 is 24.2 Å². The van der Waals surface area contributed by atoms with E-state index >= 15 is 0 Å². The van der Waals surface area contributed by atoms with E-state index in [2.05, 4.69) is 40.6 Å². The minimum Gasteiger partial charge on any atom is -0.469 e. The topological polar surface area (TPSA) is 106 Å². The third-order valence-electron chi connectivity index (χ3n) is 6.51. The molecule has 0 bridgehead atoms. The molecule has 1 unspecified atom stereocenters. The Morgan fingerprint density at radius 3 is 2.50 bits per heavy atom. The molecule has 1 fully saturated rings. The van der Waals surface area contributed by atoms with Gasteiger partial charge in [0.05, 0.1) is 31.5 Å². The van der Waals surface area contributed by atoms with Gasteiger partial charge in [-0.25, -0.2) is 4.79 Å². The molecular weight excluding hydrogens is 460 g/mol. The molecule has 1 aliphatic rings. The summed E-state index contributed by atoms with van der Waals surface area (Å²) >= 11 is 0.